The predicted molar refractivity (Wildman–Crippen MR) is 79.5 cm³/mol. The van der Waals surface area contributed by atoms with Crippen molar-refractivity contribution in [3.05, 3.63) is 35.9 Å². The monoisotopic (exact) mass is 276 g/mol. The second-order valence-electron chi connectivity index (χ2n) is 5.90. The molecule has 1 aliphatic heterocycles. The standard InChI is InChI=1S/C16H24N2O2/c1-16(2,20-4)15(19)18-11-10-17(3)12-14(18)13-8-6-5-7-9-13/h5-9,14H,10-12H2,1-4H3. The zero-order chi connectivity index (χ0) is 14.8. The Morgan fingerprint density at radius 3 is 2.50 bits per heavy atom. The lowest BCUT2D eigenvalue weighted by Gasteiger charge is -2.43. The van der Waals surface area contributed by atoms with Gasteiger partial charge < -0.3 is 14.5 Å². The topological polar surface area (TPSA) is 32.8 Å². The number of hydrogen-bond acceptors (Lipinski definition) is 3. The Bertz CT molecular complexity index is 459. The third kappa shape index (κ3) is 3.02. The molecule has 1 heterocycles. The van der Waals surface area contributed by atoms with E-state index in [1.807, 2.05) is 36.9 Å². The molecule has 20 heavy (non-hydrogen) atoms. The van der Waals surface area contributed by atoms with Crippen molar-refractivity contribution >= 4 is 5.91 Å². The number of carbonyl (C=O) groups is 1. The lowest BCUT2D eigenvalue weighted by molar-refractivity contribution is -0.156. The summed E-state index contributed by atoms with van der Waals surface area (Å²) in [5.74, 6) is 0.0574. The van der Waals surface area contributed by atoms with Gasteiger partial charge in [0.25, 0.3) is 5.91 Å². The van der Waals surface area contributed by atoms with Crippen LogP contribution in [0.15, 0.2) is 30.3 Å². The molecule has 0 bridgehead atoms. The number of methoxy groups -OCH3 is 1. The molecule has 1 aliphatic rings. The van der Waals surface area contributed by atoms with Crippen LogP contribution in [0.25, 0.3) is 0 Å². The number of hydrogen-bond donors (Lipinski definition) is 0. The first-order valence-corrected chi connectivity index (χ1v) is 7.05. The van der Waals surface area contributed by atoms with Gasteiger partial charge in [-0.1, -0.05) is 30.3 Å². The van der Waals surface area contributed by atoms with Crippen LogP contribution in [-0.4, -0.2) is 55.1 Å². The molecule has 0 spiro atoms. The van der Waals surface area contributed by atoms with E-state index in [1.54, 1.807) is 7.11 Å². The molecule has 4 heteroatoms. The number of rotatable bonds is 3. The minimum Gasteiger partial charge on any atom is -0.369 e. The summed E-state index contributed by atoms with van der Waals surface area (Å²) in [6, 6.07) is 10.3. The highest BCUT2D eigenvalue weighted by Crippen LogP contribution is 2.28. The summed E-state index contributed by atoms with van der Waals surface area (Å²) in [6.45, 7) is 6.15. The Labute approximate surface area is 121 Å². The van der Waals surface area contributed by atoms with Crippen LogP contribution in [-0.2, 0) is 9.53 Å². The molecule has 1 unspecified atom stereocenters. The second kappa shape index (κ2) is 5.94. The molecular formula is C16H24N2O2. The van der Waals surface area contributed by atoms with Crippen molar-refractivity contribution in [3.8, 4) is 0 Å². The average molecular weight is 276 g/mol. The van der Waals surface area contributed by atoms with Crippen LogP contribution in [0.4, 0.5) is 0 Å². The van der Waals surface area contributed by atoms with Crippen LogP contribution in [0.1, 0.15) is 25.5 Å². The smallest absolute Gasteiger partial charge is 0.254 e. The fourth-order valence-electron chi connectivity index (χ4n) is 2.56. The molecule has 1 aromatic rings. The minimum absolute atomic E-state index is 0.0574. The van der Waals surface area contributed by atoms with Gasteiger partial charge in [0.2, 0.25) is 0 Å². The minimum atomic E-state index is -0.775. The highest BCUT2D eigenvalue weighted by atomic mass is 16.5. The molecule has 1 aromatic carbocycles. The summed E-state index contributed by atoms with van der Waals surface area (Å²) in [5.41, 5.74) is 0.405. The first-order valence-electron chi connectivity index (χ1n) is 7.05. The normalized spacial score (nSPS) is 21.0. The molecule has 0 aromatic heterocycles. The number of piperazine rings is 1. The number of amides is 1. The van der Waals surface area contributed by atoms with Crippen LogP contribution >= 0.6 is 0 Å². The Balaban J connectivity index is 2.28. The maximum Gasteiger partial charge on any atom is 0.254 e. The maximum atomic E-state index is 12.7. The van der Waals surface area contributed by atoms with Gasteiger partial charge in [-0.3, -0.25) is 4.79 Å². The zero-order valence-electron chi connectivity index (χ0n) is 12.8. The number of ether oxygens (including phenoxy) is 1. The molecule has 0 N–H and O–H groups in total. The largest absolute Gasteiger partial charge is 0.369 e. The Kier molecular flexibility index (Phi) is 4.45. The molecule has 0 radical (unpaired) electrons. The van der Waals surface area contributed by atoms with Gasteiger partial charge >= 0.3 is 0 Å². The molecule has 1 fully saturated rings. The number of carbonyl (C=O) groups excluding carboxylic acids is 1. The van der Waals surface area contributed by atoms with Gasteiger partial charge in [0.1, 0.15) is 5.60 Å². The van der Waals surface area contributed by atoms with Crippen LogP contribution < -0.4 is 0 Å². The third-order valence-corrected chi connectivity index (χ3v) is 4.05. The molecule has 4 nitrogen and oxygen atoms in total. The Morgan fingerprint density at radius 1 is 1.25 bits per heavy atom. The van der Waals surface area contributed by atoms with Crippen molar-refractivity contribution in [2.45, 2.75) is 25.5 Å². The molecule has 1 atom stereocenters. The fourth-order valence-corrected chi connectivity index (χ4v) is 2.56. The Hall–Kier alpha value is -1.39. The quantitative estimate of drug-likeness (QED) is 0.845. The van der Waals surface area contributed by atoms with E-state index < -0.39 is 5.60 Å². The van der Waals surface area contributed by atoms with Crippen molar-refractivity contribution in [1.82, 2.24) is 9.80 Å². The van der Waals surface area contributed by atoms with E-state index in [1.165, 1.54) is 5.56 Å². The lowest BCUT2D eigenvalue weighted by atomic mass is 9.99. The maximum absolute atomic E-state index is 12.7. The zero-order valence-corrected chi connectivity index (χ0v) is 12.8. The fraction of sp³-hybridized carbons (Fsp3) is 0.562. The van der Waals surface area contributed by atoms with E-state index in [0.717, 1.165) is 19.6 Å². The highest BCUT2D eigenvalue weighted by Gasteiger charge is 2.38. The second-order valence-corrected chi connectivity index (χ2v) is 5.90. The van der Waals surface area contributed by atoms with Crippen molar-refractivity contribution in [2.24, 2.45) is 0 Å². The third-order valence-electron chi connectivity index (χ3n) is 4.05. The number of nitrogens with zero attached hydrogens (tertiary/aromatic N) is 2. The van der Waals surface area contributed by atoms with Crippen LogP contribution in [0.3, 0.4) is 0 Å². The summed E-state index contributed by atoms with van der Waals surface area (Å²) in [6.07, 6.45) is 0. The van der Waals surface area contributed by atoms with E-state index in [2.05, 4.69) is 24.1 Å². The van der Waals surface area contributed by atoms with Crippen LogP contribution in [0.2, 0.25) is 0 Å². The number of benzene rings is 1. The Morgan fingerprint density at radius 2 is 1.90 bits per heavy atom. The molecule has 1 saturated heterocycles. The average Bonchev–Trinajstić information content (AvgIpc) is 2.47. The van der Waals surface area contributed by atoms with E-state index in [-0.39, 0.29) is 11.9 Å². The molecule has 0 saturated carbocycles. The summed E-state index contributed by atoms with van der Waals surface area (Å²) in [7, 11) is 3.69. The summed E-state index contributed by atoms with van der Waals surface area (Å²) < 4.78 is 5.36. The van der Waals surface area contributed by atoms with Crippen molar-refractivity contribution < 1.29 is 9.53 Å². The lowest BCUT2D eigenvalue weighted by Crippen LogP contribution is -2.55. The van der Waals surface area contributed by atoms with Crippen LogP contribution in [0, 0.1) is 0 Å². The SMILES string of the molecule is COC(C)(C)C(=O)N1CCN(C)CC1c1ccccc1. The molecule has 2 rings (SSSR count). The van der Waals surface area contributed by atoms with E-state index in [4.69, 9.17) is 4.74 Å². The van der Waals surface area contributed by atoms with Gasteiger partial charge in [0, 0.05) is 26.7 Å². The van der Waals surface area contributed by atoms with Gasteiger partial charge in [-0.2, -0.15) is 0 Å². The van der Waals surface area contributed by atoms with E-state index in [9.17, 15) is 4.79 Å². The summed E-state index contributed by atoms with van der Waals surface area (Å²) >= 11 is 0. The first-order chi connectivity index (χ1) is 9.45. The number of likely N-dealkylation sites (N-methyl/N-ethyl adjacent to an activating group) is 1. The van der Waals surface area contributed by atoms with Crippen molar-refractivity contribution in [1.29, 1.82) is 0 Å². The van der Waals surface area contributed by atoms with Gasteiger partial charge in [-0.05, 0) is 26.5 Å². The van der Waals surface area contributed by atoms with Gasteiger partial charge in [0.05, 0.1) is 6.04 Å². The van der Waals surface area contributed by atoms with Crippen molar-refractivity contribution in [3.63, 3.8) is 0 Å². The van der Waals surface area contributed by atoms with E-state index in [0.29, 0.717) is 0 Å². The van der Waals surface area contributed by atoms with E-state index >= 15 is 0 Å². The molecule has 0 aliphatic carbocycles. The van der Waals surface area contributed by atoms with Gasteiger partial charge in [-0.25, -0.2) is 0 Å². The highest BCUT2D eigenvalue weighted by molar-refractivity contribution is 5.85. The van der Waals surface area contributed by atoms with Gasteiger partial charge in [0.15, 0.2) is 0 Å². The van der Waals surface area contributed by atoms with Crippen molar-refractivity contribution in [2.75, 3.05) is 33.8 Å². The summed E-state index contributed by atoms with van der Waals surface area (Å²) in [5, 5.41) is 0. The van der Waals surface area contributed by atoms with Crippen LogP contribution in [0.5, 0.6) is 0 Å². The molecule has 1 amide bonds. The summed E-state index contributed by atoms with van der Waals surface area (Å²) in [4.78, 5) is 16.9. The first kappa shape index (κ1) is 15.0. The van der Waals surface area contributed by atoms with Gasteiger partial charge in [-0.15, -0.1) is 0 Å². The predicted octanol–water partition coefficient (Wildman–Crippen LogP) is 1.93. The molecule has 110 valence electrons. The molecular weight excluding hydrogens is 252 g/mol.